The van der Waals surface area contributed by atoms with Gasteiger partial charge in [0.15, 0.2) is 0 Å². The van der Waals surface area contributed by atoms with Crippen LogP contribution in [0.4, 0.5) is 0 Å². The molecule has 1 aromatic rings. The molecule has 0 aliphatic carbocycles. The average Bonchev–Trinajstić information content (AvgIpc) is 3.05. The molecule has 2 aliphatic heterocycles. The summed E-state index contributed by atoms with van der Waals surface area (Å²) < 4.78 is 1.67. The fraction of sp³-hybridized carbons (Fsp3) is 0.833. The van der Waals surface area contributed by atoms with Gasteiger partial charge in [-0.25, -0.2) is 4.68 Å². The molecule has 0 bridgehead atoms. The van der Waals surface area contributed by atoms with Crippen molar-refractivity contribution in [2.75, 3.05) is 46.8 Å². The first kappa shape index (κ1) is 19.7. The van der Waals surface area contributed by atoms with Gasteiger partial charge in [0.1, 0.15) is 5.82 Å². The third-order valence-electron chi connectivity index (χ3n) is 5.83. The second-order valence-corrected chi connectivity index (χ2v) is 8.24. The zero-order valence-corrected chi connectivity index (χ0v) is 16.7. The fourth-order valence-electron chi connectivity index (χ4n) is 4.20. The number of nitrogens with zero attached hydrogens (tertiary/aromatic N) is 7. The van der Waals surface area contributed by atoms with Crippen molar-refractivity contribution in [1.29, 1.82) is 0 Å². The molecule has 2 aliphatic rings. The number of carbonyl (C=O) groups is 2. The third kappa shape index (κ3) is 4.82. The Morgan fingerprint density at radius 1 is 1.22 bits per heavy atom. The molecule has 2 saturated heterocycles. The first-order valence-corrected chi connectivity index (χ1v) is 9.82. The summed E-state index contributed by atoms with van der Waals surface area (Å²) in [6.07, 6.45) is 3.99. The lowest BCUT2D eigenvalue weighted by Crippen LogP contribution is -2.55. The van der Waals surface area contributed by atoms with Crippen LogP contribution in [0.3, 0.4) is 0 Å². The van der Waals surface area contributed by atoms with Gasteiger partial charge in [-0.2, -0.15) is 0 Å². The molecule has 3 heterocycles. The van der Waals surface area contributed by atoms with E-state index in [9.17, 15) is 9.59 Å². The summed E-state index contributed by atoms with van der Waals surface area (Å²) in [5.74, 6) is 1.13. The number of likely N-dealkylation sites (N-methyl/N-ethyl adjacent to an activating group) is 1. The normalized spacial score (nSPS) is 23.5. The Morgan fingerprint density at radius 3 is 2.74 bits per heavy atom. The van der Waals surface area contributed by atoms with Crippen LogP contribution < -0.4 is 0 Å². The van der Waals surface area contributed by atoms with Gasteiger partial charge >= 0.3 is 0 Å². The van der Waals surface area contributed by atoms with Gasteiger partial charge in [0.05, 0.1) is 6.54 Å². The van der Waals surface area contributed by atoms with E-state index >= 15 is 0 Å². The number of rotatable bonds is 6. The molecule has 9 heteroatoms. The third-order valence-corrected chi connectivity index (χ3v) is 5.83. The molecule has 0 aromatic carbocycles. The Kier molecular flexibility index (Phi) is 6.08. The highest BCUT2D eigenvalue weighted by molar-refractivity contribution is 5.78. The molecule has 1 atom stereocenters. The quantitative estimate of drug-likeness (QED) is 0.702. The summed E-state index contributed by atoms with van der Waals surface area (Å²) in [6, 6.07) is 0. The zero-order chi connectivity index (χ0) is 19.4. The van der Waals surface area contributed by atoms with E-state index in [-0.39, 0.29) is 17.2 Å². The van der Waals surface area contributed by atoms with Crippen LogP contribution in [0.1, 0.15) is 37.9 Å². The van der Waals surface area contributed by atoms with Crippen molar-refractivity contribution in [2.24, 2.45) is 5.41 Å². The Labute approximate surface area is 160 Å². The lowest BCUT2D eigenvalue weighted by atomic mass is 9.73. The van der Waals surface area contributed by atoms with Crippen LogP contribution in [0.15, 0.2) is 0 Å². The maximum Gasteiger partial charge on any atom is 0.224 e. The molecule has 9 nitrogen and oxygen atoms in total. The maximum atomic E-state index is 12.7. The number of aryl methyl sites for hydroxylation is 2. The molecule has 1 spiro atoms. The van der Waals surface area contributed by atoms with Gasteiger partial charge in [0, 0.05) is 51.0 Å². The average molecular weight is 377 g/mol. The maximum absolute atomic E-state index is 12.7. The van der Waals surface area contributed by atoms with E-state index in [1.54, 1.807) is 4.68 Å². The topological polar surface area (TPSA) is 87.5 Å². The van der Waals surface area contributed by atoms with Gasteiger partial charge in [-0.3, -0.25) is 9.59 Å². The van der Waals surface area contributed by atoms with Crippen molar-refractivity contribution in [3.63, 3.8) is 0 Å². The van der Waals surface area contributed by atoms with E-state index in [0.29, 0.717) is 19.4 Å². The highest BCUT2D eigenvalue weighted by Crippen LogP contribution is 2.39. The van der Waals surface area contributed by atoms with Gasteiger partial charge in [-0.15, -0.1) is 5.10 Å². The molecule has 0 N–H and O–H groups in total. The minimum atomic E-state index is 0.0544. The van der Waals surface area contributed by atoms with Crippen molar-refractivity contribution in [3.05, 3.63) is 5.82 Å². The molecular weight excluding hydrogens is 346 g/mol. The van der Waals surface area contributed by atoms with Crippen molar-refractivity contribution in [2.45, 2.75) is 45.6 Å². The SMILES string of the molecule is Cc1nnnn1CCC(=O)N1CCC[C@]2(CCC(=O)N(CCN(C)C)C2)C1. The first-order valence-electron chi connectivity index (χ1n) is 9.82. The molecule has 0 radical (unpaired) electrons. The fourth-order valence-corrected chi connectivity index (χ4v) is 4.20. The van der Waals surface area contributed by atoms with Crippen LogP contribution in [0.5, 0.6) is 0 Å². The second kappa shape index (κ2) is 8.33. The van der Waals surface area contributed by atoms with Crippen molar-refractivity contribution < 1.29 is 9.59 Å². The van der Waals surface area contributed by atoms with Crippen LogP contribution in [0.2, 0.25) is 0 Å². The molecule has 150 valence electrons. The van der Waals surface area contributed by atoms with Crippen molar-refractivity contribution in [3.8, 4) is 0 Å². The van der Waals surface area contributed by atoms with Crippen LogP contribution in [-0.4, -0.2) is 93.5 Å². The Bertz CT molecular complexity index is 674. The summed E-state index contributed by atoms with van der Waals surface area (Å²) in [5.41, 5.74) is 0.0544. The predicted octanol–water partition coefficient (Wildman–Crippen LogP) is 0.164. The van der Waals surface area contributed by atoms with Crippen LogP contribution in [0.25, 0.3) is 0 Å². The van der Waals surface area contributed by atoms with Crippen LogP contribution in [0, 0.1) is 12.3 Å². The number of hydrogen-bond donors (Lipinski definition) is 0. The number of amides is 2. The second-order valence-electron chi connectivity index (χ2n) is 8.24. The van der Waals surface area contributed by atoms with E-state index in [4.69, 9.17) is 0 Å². The van der Waals surface area contributed by atoms with Gasteiger partial charge in [-0.1, -0.05) is 0 Å². The molecule has 0 saturated carbocycles. The standard InChI is InChI=1S/C18H31N7O2/c1-15-19-20-21-25(15)10-6-17(27)23-9-4-7-18(13-23)8-5-16(26)24(14-18)12-11-22(2)3/h4-14H2,1-3H3/t18-/m0/s1. The van der Waals surface area contributed by atoms with E-state index in [2.05, 4.69) is 20.4 Å². The van der Waals surface area contributed by atoms with Crippen molar-refractivity contribution >= 4 is 11.8 Å². The predicted molar refractivity (Wildman–Crippen MR) is 99.8 cm³/mol. The van der Waals surface area contributed by atoms with E-state index in [1.165, 1.54) is 0 Å². The Balaban J connectivity index is 1.58. The zero-order valence-electron chi connectivity index (χ0n) is 16.7. The highest BCUT2D eigenvalue weighted by Gasteiger charge is 2.42. The minimum absolute atomic E-state index is 0.0544. The summed E-state index contributed by atoms with van der Waals surface area (Å²) in [6.45, 7) is 6.31. The lowest BCUT2D eigenvalue weighted by Gasteiger charge is -2.48. The highest BCUT2D eigenvalue weighted by atomic mass is 16.2. The molecule has 0 unspecified atom stereocenters. The molecule has 27 heavy (non-hydrogen) atoms. The van der Waals surface area contributed by atoms with Crippen LogP contribution >= 0.6 is 0 Å². The minimum Gasteiger partial charge on any atom is -0.342 e. The molecule has 2 fully saturated rings. The summed E-state index contributed by atoms with van der Waals surface area (Å²) >= 11 is 0. The molecule has 1 aromatic heterocycles. The molecular formula is C18H31N7O2. The van der Waals surface area contributed by atoms with Gasteiger partial charge in [0.25, 0.3) is 0 Å². The summed E-state index contributed by atoms with van der Waals surface area (Å²) in [5, 5.41) is 11.4. The van der Waals surface area contributed by atoms with Crippen molar-refractivity contribution in [1.82, 2.24) is 34.9 Å². The summed E-state index contributed by atoms with van der Waals surface area (Å²) in [7, 11) is 4.05. The summed E-state index contributed by atoms with van der Waals surface area (Å²) in [4.78, 5) is 31.2. The van der Waals surface area contributed by atoms with Gasteiger partial charge in [0.2, 0.25) is 11.8 Å². The monoisotopic (exact) mass is 377 g/mol. The van der Waals surface area contributed by atoms with E-state index in [1.807, 2.05) is 30.8 Å². The largest absolute Gasteiger partial charge is 0.342 e. The number of piperidine rings is 2. The molecule has 3 rings (SSSR count). The number of aromatic nitrogens is 4. The van der Waals surface area contributed by atoms with Gasteiger partial charge < -0.3 is 14.7 Å². The van der Waals surface area contributed by atoms with Gasteiger partial charge in [-0.05, 0) is 50.7 Å². The smallest absolute Gasteiger partial charge is 0.224 e. The Morgan fingerprint density at radius 2 is 2.04 bits per heavy atom. The number of tetrazole rings is 1. The number of carbonyl (C=O) groups excluding carboxylic acids is 2. The van der Waals surface area contributed by atoms with Crippen LogP contribution in [-0.2, 0) is 16.1 Å². The van der Waals surface area contributed by atoms with E-state index < -0.39 is 0 Å². The van der Waals surface area contributed by atoms with E-state index in [0.717, 1.165) is 57.8 Å². The lowest BCUT2D eigenvalue weighted by molar-refractivity contribution is -0.143. The number of hydrogen-bond acceptors (Lipinski definition) is 6. The first-order chi connectivity index (χ1) is 12.9. The Hall–Kier alpha value is -2.03. The molecule has 2 amide bonds. The number of likely N-dealkylation sites (tertiary alicyclic amines) is 2.